The molecule has 192 valence electrons. The lowest BCUT2D eigenvalue weighted by molar-refractivity contribution is -0.0110. The molecule has 1 unspecified atom stereocenters. The number of halogens is 1. The van der Waals surface area contributed by atoms with Gasteiger partial charge in [-0.15, -0.1) is 0 Å². The van der Waals surface area contributed by atoms with Crippen LogP contribution < -0.4 is 10.5 Å². The molecule has 8 heteroatoms. The van der Waals surface area contributed by atoms with E-state index in [9.17, 15) is 4.39 Å². The number of nitrogen functional groups attached to an aromatic ring is 1. The maximum absolute atomic E-state index is 13.5. The fraction of sp³-hybridized carbons (Fsp3) is 0.571. The molecule has 1 aliphatic carbocycles. The van der Waals surface area contributed by atoms with E-state index in [1.165, 1.54) is 6.42 Å². The van der Waals surface area contributed by atoms with E-state index < -0.39 is 6.17 Å². The number of anilines is 1. The van der Waals surface area contributed by atoms with E-state index in [-0.39, 0.29) is 6.10 Å². The largest absolute Gasteiger partial charge is 0.491 e. The van der Waals surface area contributed by atoms with Crippen LogP contribution in [0.1, 0.15) is 51.0 Å². The molecule has 2 aromatic heterocycles. The molecule has 1 atom stereocenters. The maximum Gasteiger partial charge on any atom is 0.146 e. The van der Waals surface area contributed by atoms with Crippen LogP contribution in [0.15, 0.2) is 36.8 Å². The van der Waals surface area contributed by atoms with Crippen molar-refractivity contribution in [3.8, 4) is 16.9 Å². The SMILES string of the molecule is Nc1ncnc2c1c(-c1cccc(OCC3CCCCO3)c1)cn2C1CC(CN2CCC(F)CC2)C1. The van der Waals surface area contributed by atoms with Gasteiger partial charge < -0.3 is 24.7 Å². The number of benzene rings is 1. The van der Waals surface area contributed by atoms with Gasteiger partial charge in [-0.3, -0.25) is 0 Å². The first-order valence-electron chi connectivity index (χ1n) is 13.5. The highest BCUT2D eigenvalue weighted by atomic mass is 19.1. The summed E-state index contributed by atoms with van der Waals surface area (Å²) in [6.45, 7) is 4.23. The molecule has 0 spiro atoms. The number of fused-ring (bicyclic) bond motifs is 1. The summed E-state index contributed by atoms with van der Waals surface area (Å²) < 4.78 is 27.7. The van der Waals surface area contributed by atoms with Crippen molar-refractivity contribution < 1.29 is 13.9 Å². The number of hydrogen-bond acceptors (Lipinski definition) is 6. The Morgan fingerprint density at radius 3 is 2.78 bits per heavy atom. The molecule has 6 rings (SSSR count). The van der Waals surface area contributed by atoms with Gasteiger partial charge in [0, 0.05) is 44.0 Å². The summed E-state index contributed by atoms with van der Waals surface area (Å²) in [6.07, 6.45) is 10.2. The molecule has 1 saturated carbocycles. The van der Waals surface area contributed by atoms with Crippen LogP contribution in [0.3, 0.4) is 0 Å². The smallest absolute Gasteiger partial charge is 0.146 e. The third-order valence-electron chi connectivity index (χ3n) is 8.13. The van der Waals surface area contributed by atoms with Gasteiger partial charge >= 0.3 is 0 Å². The second-order valence-electron chi connectivity index (χ2n) is 10.7. The summed E-state index contributed by atoms with van der Waals surface area (Å²) in [7, 11) is 0. The number of hydrogen-bond donors (Lipinski definition) is 1. The molecule has 4 heterocycles. The predicted octanol–water partition coefficient (Wildman–Crippen LogP) is 5.01. The molecular weight excluding hydrogens is 457 g/mol. The molecule has 3 aliphatic rings. The van der Waals surface area contributed by atoms with Crippen LogP contribution in [-0.4, -0.2) is 64.6 Å². The Balaban J connectivity index is 1.19. The lowest BCUT2D eigenvalue weighted by atomic mass is 9.79. The minimum Gasteiger partial charge on any atom is -0.491 e. The summed E-state index contributed by atoms with van der Waals surface area (Å²) in [6, 6.07) is 8.57. The Kier molecular flexibility index (Phi) is 6.80. The van der Waals surface area contributed by atoms with Crippen molar-refractivity contribution >= 4 is 16.9 Å². The number of likely N-dealkylation sites (tertiary alicyclic amines) is 1. The molecule has 3 fully saturated rings. The van der Waals surface area contributed by atoms with Gasteiger partial charge in [-0.1, -0.05) is 12.1 Å². The first-order valence-corrected chi connectivity index (χ1v) is 13.5. The van der Waals surface area contributed by atoms with Crippen molar-refractivity contribution in [3.63, 3.8) is 0 Å². The maximum atomic E-state index is 13.5. The monoisotopic (exact) mass is 493 g/mol. The zero-order chi connectivity index (χ0) is 24.5. The second-order valence-corrected chi connectivity index (χ2v) is 10.7. The average Bonchev–Trinajstić information content (AvgIpc) is 3.27. The van der Waals surface area contributed by atoms with Crippen LogP contribution in [0, 0.1) is 5.92 Å². The number of aromatic nitrogens is 3. The standard InChI is InChI=1S/C28H36FN5O2/c29-21-7-9-33(10-8-21)15-19-12-22(13-19)34-16-25(26-27(30)31-18-32-28(26)34)20-4-3-6-23(14-20)36-17-24-5-1-2-11-35-24/h3-4,6,14,16,18-19,21-22,24H,1-2,5,7-13,15,17H2,(H2,30,31,32). The Morgan fingerprint density at radius 2 is 1.97 bits per heavy atom. The van der Waals surface area contributed by atoms with E-state index in [2.05, 4.69) is 37.8 Å². The van der Waals surface area contributed by atoms with E-state index in [0.717, 1.165) is 79.8 Å². The molecule has 3 aromatic rings. The lowest BCUT2D eigenvalue weighted by Gasteiger charge is -2.40. The van der Waals surface area contributed by atoms with Crippen molar-refractivity contribution in [3.05, 3.63) is 36.8 Å². The van der Waals surface area contributed by atoms with Gasteiger partial charge in [0.05, 0.1) is 11.5 Å². The number of alkyl halides is 1. The van der Waals surface area contributed by atoms with Crippen molar-refractivity contribution in [2.75, 3.05) is 38.6 Å². The lowest BCUT2D eigenvalue weighted by Crippen LogP contribution is -2.41. The van der Waals surface area contributed by atoms with Crippen LogP contribution in [0.4, 0.5) is 10.2 Å². The Labute approximate surface area is 211 Å². The highest BCUT2D eigenvalue weighted by molar-refractivity contribution is 6.00. The molecule has 2 N–H and O–H groups in total. The highest BCUT2D eigenvalue weighted by Crippen LogP contribution is 2.43. The number of nitrogens with zero attached hydrogens (tertiary/aromatic N) is 4. The zero-order valence-electron chi connectivity index (χ0n) is 20.8. The molecule has 1 aromatic carbocycles. The van der Waals surface area contributed by atoms with Crippen LogP contribution in [0.25, 0.3) is 22.2 Å². The predicted molar refractivity (Wildman–Crippen MR) is 139 cm³/mol. The Bertz CT molecular complexity index is 1180. The zero-order valence-corrected chi connectivity index (χ0v) is 20.8. The summed E-state index contributed by atoms with van der Waals surface area (Å²) in [5, 5.41) is 0.902. The van der Waals surface area contributed by atoms with Gasteiger partial charge in [0.1, 0.15) is 36.3 Å². The quantitative estimate of drug-likeness (QED) is 0.498. The van der Waals surface area contributed by atoms with Crippen LogP contribution in [0.5, 0.6) is 5.75 Å². The summed E-state index contributed by atoms with van der Waals surface area (Å²) in [4.78, 5) is 11.4. The minimum atomic E-state index is -0.616. The average molecular weight is 494 g/mol. The summed E-state index contributed by atoms with van der Waals surface area (Å²) >= 11 is 0. The number of piperidine rings is 1. The topological polar surface area (TPSA) is 78.4 Å². The van der Waals surface area contributed by atoms with Crippen molar-refractivity contribution in [1.82, 2.24) is 19.4 Å². The Morgan fingerprint density at radius 1 is 1.11 bits per heavy atom. The molecule has 36 heavy (non-hydrogen) atoms. The summed E-state index contributed by atoms with van der Waals surface area (Å²) in [5.74, 6) is 1.98. The Hall–Kier alpha value is -2.71. The number of nitrogens with two attached hydrogens (primary N) is 1. The molecular formula is C28H36FN5O2. The number of ether oxygens (including phenoxy) is 2. The van der Waals surface area contributed by atoms with Crippen molar-refractivity contribution in [2.45, 2.75) is 63.3 Å². The van der Waals surface area contributed by atoms with Crippen molar-refractivity contribution in [1.29, 1.82) is 0 Å². The fourth-order valence-corrected chi connectivity index (χ4v) is 6.01. The summed E-state index contributed by atoms with van der Waals surface area (Å²) in [5.41, 5.74) is 9.35. The van der Waals surface area contributed by atoms with Gasteiger partial charge in [-0.2, -0.15) is 0 Å². The van der Waals surface area contributed by atoms with Gasteiger partial charge in [0.15, 0.2) is 0 Å². The molecule has 0 bridgehead atoms. The third kappa shape index (κ3) is 4.93. The first kappa shape index (κ1) is 23.7. The second kappa shape index (κ2) is 10.3. The van der Waals surface area contributed by atoms with E-state index in [0.29, 0.717) is 37.2 Å². The van der Waals surface area contributed by atoms with E-state index >= 15 is 0 Å². The van der Waals surface area contributed by atoms with Crippen LogP contribution in [-0.2, 0) is 4.74 Å². The molecule has 7 nitrogen and oxygen atoms in total. The third-order valence-corrected chi connectivity index (χ3v) is 8.13. The van der Waals surface area contributed by atoms with Gasteiger partial charge in [-0.05, 0) is 68.6 Å². The molecule has 2 saturated heterocycles. The fourth-order valence-electron chi connectivity index (χ4n) is 6.01. The van der Waals surface area contributed by atoms with E-state index in [1.807, 2.05) is 12.1 Å². The normalized spacial score (nSPS) is 25.6. The van der Waals surface area contributed by atoms with Crippen LogP contribution >= 0.6 is 0 Å². The first-order chi connectivity index (χ1) is 17.6. The van der Waals surface area contributed by atoms with Gasteiger partial charge in [-0.25, -0.2) is 14.4 Å². The molecule has 2 aliphatic heterocycles. The number of rotatable bonds is 7. The van der Waals surface area contributed by atoms with Gasteiger partial charge in [0.2, 0.25) is 0 Å². The van der Waals surface area contributed by atoms with Gasteiger partial charge in [0.25, 0.3) is 0 Å². The molecule has 0 radical (unpaired) electrons. The van der Waals surface area contributed by atoms with Crippen LogP contribution in [0.2, 0.25) is 0 Å². The minimum absolute atomic E-state index is 0.170. The molecule has 0 amide bonds. The van der Waals surface area contributed by atoms with Crippen molar-refractivity contribution in [2.24, 2.45) is 5.92 Å². The van der Waals surface area contributed by atoms with E-state index in [1.54, 1.807) is 6.33 Å². The van der Waals surface area contributed by atoms with E-state index in [4.69, 9.17) is 15.2 Å². The highest BCUT2D eigenvalue weighted by Gasteiger charge is 2.34.